The molecule has 0 amide bonds. The second-order valence-electron chi connectivity index (χ2n) is 0.946. The van der Waals surface area contributed by atoms with Crippen LogP contribution >= 0.6 is 7.82 Å². The Morgan fingerprint density at radius 3 is 1.60 bits per heavy atom. The van der Waals surface area contributed by atoms with Gasteiger partial charge in [0.2, 0.25) is 4.91 Å². The highest BCUT2D eigenvalue weighted by Crippen LogP contribution is 2.40. The summed E-state index contributed by atoms with van der Waals surface area (Å²) in [5.41, 5.74) is 11.0. The van der Waals surface area contributed by atoms with E-state index in [2.05, 4.69) is 9.05 Å². The summed E-state index contributed by atoms with van der Waals surface area (Å²) in [6.45, 7) is 0. The Balaban J connectivity index is 0. The average Bonchev–Trinajstić information content (AvgIpc) is 1.90. The second kappa shape index (κ2) is 6.54. The first kappa shape index (κ1) is 12.1. The van der Waals surface area contributed by atoms with Crippen molar-refractivity contribution in [2.75, 3.05) is 14.2 Å². The second-order valence-corrected chi connectivity index (χ2v) is 2.61. The Morgan fingerprint density at radius 1 is 1.40 bits per heavy atom. The van der Waals surface area contributed by atoms with E-state index < -0.39 is 7.82 Å². The summed E-state index contributed by atoms with van der Waals surface area (Å²) in [6, 6.07) is 0. The third kappa shape index (κ3) is 10.4. The summed E-state index contributed by atoms with van der Waals surface area (Å²) in [7, 11) is -1.45. The molecule has 0 aliphatic carbocycles. The largest absolute Gasteiger partial charge is 0.471 e. The SMILES string of the molecule is COP(=O)(O)OC.N=[N+]=N. The van der Waals surface area contributed by atoms with Crippen LogP contribution in [0.25, 0.3) is 0 Å². The van der Waals surface area contributed by atoms with Gasteiger partial charge in [-0.2, -0.15) is 0 Å². The lowest BCUT2D eigenvalue weighted by molar-refractivity contribution is 0.204. The van der Waals surface area contributed by atoms with Gasteiger partial charge in [0, 0.05) is 14.2 Å². The number of phosphoric acid groups is 1. The molecular formula is C2H9N3O4P+. The van der Waals surface area contributed by atoms with E-state index in [1.54, 1.807) is 0 Å². The van der Waals surface area contributed by atoms with Gasteiger partial charge in [0.05, 0.1) is 0 Å². The van der Waals surface area contributed by atoms with Crippen LogP contribution in [0.3, 0.4) is 0 Å². The number of hydrogen-bond donors (Lipinski definition) is 3. The Morgan fingerprint density at radius 2 is 1.60 bits per heavy atom. The van der Waals surface area contributed by atoms with Crippen molar-refractivity contribution in [2.24, 2.45) is 0 Å². The molecule has 0 aliphatic heterocycles. The van der Waals surface area contributed by atoms with E-state index >= 15 is 0 Å². The third-order valence-electron chi connectivity index (χ3n) is 0.461. The van der Waals surface area contributed by atoms with Gasteiger partial charge in [-0.25, -0.2) is 4.57 Å². The van der Waals surface area contributed by atoms with Gasteiger partial charge in [-0.15, -0.1) is 0 Å². The van der Waals surface area contributed by atoms with Crippen LogP contribution in [0.2, 0.25) is 0 Å². The first-order chi connectivity index (χ1) is 4.54. The van der Waals surface area contributed by atoms with Gasteiger partial charge in [0.25, 0.3) is 0 Å². The van der Waals surface area contributed by atoms with Crippen LogP contribution in [0, 0.1) is 11.1 Å². The topological polar surface area (TPSA) is 118 Å². The van der Waals surface area contributed by atoms with Crippen LogP contribution in [0.1, 0.15) is 0 Å². The monoisotopic (exact) mass is 170 g/mol. The highest BCUT2D eigenvalue weighted by atomic mass is 31.2. The minimum Gasteiger partial charge on any atom is -0.303 e. The van der Waals surface area contributed by atoms with Crippen molar-refractivity contribution in [1.29, 1.82) is 11.1 Å². The molecular weight excluding hydrogens is 161 g/mol. The van der Waals surface area contributed by atoms with E-state index in [1.165, 1.54) is 0 Å². The van der Waals surface area contributed by atoms with Crippen LogP contribution in [0.5, 0.6) is 0 Å². The van der Waals surface area contributed by atoms with Gasteiger partial charge in [-0.3, -0.25) is 9.05 Å². The fraction of sp³-hybridized carbons (Fsp3) is 1.00. The van der Waals surface area contributed by atoms with Gasteiger partial charge in [-0.05, 0) is 0 Å². The maximum Gasteiger partial charge on any atom is 0.471 e. The lowest BCUT2D eigenvalue weighted by Crippen LogP contribution is -1.83. The minimum atomic E-state index is -3.65. The Hall–Kier alpha value is -0.580. The molecule has 0 radical (unpaired) electrons. The highest BCUT2D eigenvalue weighted by Gasteiger charge is 2.13. The molecule has 0 unspecified atom stereocenters. The fourth-order valence-electron chi connectivity index (χ4n) is 0.0745. The lowest BCUT2D eigenvalue weighted by atomic mass is 11.8. The Bertz CT molecular complexity index is 145. The van der Waals surface area contributed by atoms with Crippen molar-refractivity contribution >= 4 is 7.82 Å². The molecule has 0 aromatic heterocycles. The summed E-state index contributed by atoms with van der Waals surface area (Å²) < 4.78 is 18.0. The quantitative estimate of drug-likeness (QED) is 0.317. The van der Waals surface area contributed by atoms with Crippen molar-refractivity contribution < 1.29 is 18.5 Å². The van der Waals surface area contributed by atoms with Crippen LogP contribution in [-0.4, -0.2) is 19.1 Å². The molecule has 0 saturated heterocycles. The highest BCUT2D eigenvalue weighted by molar-refractivity contribution is 7.47. The van der Waals surface area contributed by atoms with Crippen molar-refractivity contribution in [3.8, 4) is 0 Å². The standard InChI is InChI=1S/C2H7O4P.H2N3/c1-5-7(3,4)6-2;1-3-2/h1-2H3,(H,3,4);1-2H/q;+1. The number of nitrogens with one attached hydrogen (secondary N) is 2. The third-order valence-corrected chi connectivity index (χ3v) is 1.38. The van der Waals surface area contributed by atoms with E-state index in [0.29, 0.717) is 0 Å². The van der Waals surface area contributed by atoms with Crippen LogP contribution in [0.4, 0.5) is 0 Å². The number of rotatable bonds is 2. The number of phosphoric ester groups is 1. The average molecular weight is 170 g/mol. The minimum absolute atomic E-state index is 1.10. The zero-order valence-corrected chi connectivity index (χ0v) is 6.46. The summed E-state index contributed by atoms with van der Waals surface area (Å²) in [4.78, 5) is 10.2. The molecule has 0 saturated carbocycles. The molecule has 10 heavy (non-hydrogen) atoms. The molecule has 0 aromatic carbocycles. The molecule has 0 spiro atoms. The molecule has 0 bridgehead atoms. The summed E-state index contributed by atoms with van der Waals surface area (Å²) in [5.74, 6) is 0. The van der Waals surface area contributed by atoms with Gasteiger partial charge in [0.1, 0.15) is 11.1 Å². The van der Waals surface area contributed by atoms with E-state index in [4.69, 9.17) is 16.0 Å². The van der Waals surface area contributed by atoms with E-state index in [9.17, 15) is 4.57 Å². The first-order valence-corrected chi connectivity index (χ1v) is 3.51. The maximum atomic E-state index is 10.1. The molecule has 0 atom stereocenters. The summed E-state index contributed by atoms with van der Waals surface area (Å²) in [5, 5.41) is 0. The van der Waals surface area contributed by atoms with E-state index in [-0.39, 0.29) is 0 Å². The van der Waals surface area contributed by atoms with E-state index in [1.807, 2.05) is 4.91 Å². The van der Waals surface area contributed by atoms with Crippen LogP contribution in [-0.2, 0) is 13.6 Å². The molecule has 0 aromatic rings. The fourth-order valence-corrected chi connectivity index (χ4v) is 0.224. The van der Waals surface area contributed by atoms with Crippen molar-refractivity contribution in [3.05, 3.63) is 0 Å². The first-order valence-electron chi connectivity index (χ1n) is 2.01. The molecule has 0 fully saturated rings. The van der Waals surface area contributed by atoms with Crippen molar-refractivity contribution in [2.45, 2.75) is 0 Å². The predicted octanol–water partition coefficient (Wildman–Crippen LogP) is 0.495. The zero-order valence-electron chi connectivity index (χ0n) is 5.57. The molecule has 0 rings (SSSR count). The molecule has 0 aliphatic rings. The van der Waals surface area contributed by atoms with Crippen LogP contribution in [0.15, 0.2) is 0 Å². The normalized spacial score (nSPS) is 9.10. The predicted molar refractivity (Wildman–Crippen MR) is 31.4 cm³/mol. The van der Waals surface area contributed by atoms with Gasteiger partial charge in [-0.1, -0.05) is 0 Å². The Labute approximate surface area is 57.6 Å². The molecule has 0 heterocycles. The summed E-state index contributed by atoms with van der Waals surface area (Å²) >= 11 is 0. The molecule has 8 heteroatoms. The Kier molecular flexibility index (Phi) is 7.93. The summed E-state index contributed by atoms with van der Waals surface area (Å²) in [6.07, 6.45) is 0. The molecule has 7 nitrogen and oxygen atoms in total. The van der Waals surface area contributed by atoms with Gasteiger partial charge < -0.3 is 4.89 Å². The smallest absolute Gasteiger partial charge is 0.303 e. The molecule has 60 valence electrons. The van der Waals surface area contributed by atoms with Crippen molar-refractivity contribution in [3.63, 3.8) is 0 Å². The van der Waals surface area contributed by atoms with Crippen LogP contribution < -0.4 is 4.91 Å². The van der Waals surface area contributed by atoms with Crippen molar-refractivity contribution in [1.82, 2.24) is 4.91 Å². The van der Waals surface area contributed by atoms with Gasteiger partial charge >= 0.3 is 7.82 Å². The maximum absolute atomic E-state index is 10.1. The van der Waals surface area contributed by atoms with E-state index in [0.717, 1.165) is 14.2 Å². The van der Waals surface area contributed by atoms with Gasteiger partial charge in [0.15, 0.2) is 0 Å². The number of nitrogens with zero attached hydrogens (tertiary/aromatic N) is 1. The zero-order chi connectivity index (χ0) is 8.62. The molecule has 3 N–H and O–H groups in total. The number of hydrogen-bond acceptors (Lipinski definition) is 5. The lowest BCUT2D eigenvalue weighted by Gasteiger charge is -2.01.